The summed E-state index contributed by atoms with van der Waals surface area (Å²) in [4.78, 5) is 28.9. The van der Waals surface area contributed by atoms with E-state index in [0.717, 1.165) is 36.5 Å². The van der Waals surface area contributed by atoms with Crippen molar-refractivity contribution < 1.29 is 24.3 Å². The molecule has 5 rings (SSSR count). The van der Waals surface area contributed by atoms with Crippen LogP contribution in [0.5, 0.6) is 0 Å². The van der Waals surface area contributed by atoms with E-state index in [1.807, 2.05) is 4.57 Å². The van der Waals surface area contributed by atoms with Gasteiger partial charge < -0.3 is 19.1 Å². The van der Waals surface area contributed by atoms with Crippen LogP contribution in [0.1, 0.15) is 36.9 Å². The third kappa shape index (κ3) is 5.11. The lowest BCUT2D eigenvalue weighted by molar-refractivity contribution is -0.384. The lowest BCUT2D eigenvalue weighted by atomic mass is 10.1. The number of ether oxygens (including phenoxy) is 2. The van der Waals surface area contributed by atoms with Crippen LogP contribution >= 0.6 is 0 Å². The van der Waals surface area contributed by atoms with Crippen molar-refractivity contribution in [1.82, 2.24) is 24.2 Å². The zero-order valence-electron chi connectivity index (χ0n) is 21.3. The van der Waals surface area contributed by atoms with Crippen molar-refractivity contribution in [3.8, 4) is 11.5 Å². The number of nitrogens with zero attached hydrogens (tertiary/aromatic N) is 6. The van der Waals surface area contributed by atoms with Crippen LogP contribution in [0, 0.1) is 10.1 Å². The number of carboxylic acid groups (broad SMARTS) is 1. The Morgan fingerprint density at radius 2 is 2.11 bits per heavy atom. The molecule has 1 amide bonds. The molecule has 4 heterocycles. The van der Waals surface area contributed by atoms with Gasteiger partial charge in [-0.15, -0.1) is 0 Å². The second-order valence-corrected chi connectivity index (χ2v) is 16.4. The van der Waals surface area contributed by atoms with E-state index >= 15 is 0 Å². The number of benzene rings is 1. The first-order valence-corrected chi connectivity index (χ1v) is 16.3. The lowest BCUT2D eigenvalue weighted by Crippen LogP contribution is -2.25. The van der Waals surface area contributed by atoms with Gasteiger partial charge in [-0.2, -0.15) is 5.10 Å². The molecule has 2 aromatic heterocycles. The Morgan fingerprint density at radius 1 is 1.30 bits per heavy atom. The quantitative estimate of drug-likeness (QED) is 0.190. The molecule has 1 saturated heterocycles. The maximum absolute atomic E-state index is 11.6. The fourth-order valence-corrected chi connectivity index (χ4v) is 5.55. The molecule has 0 aliphatic carbocycles. The highest BCUT2D eigenvalue weighted by atomic mass is 28.3. The molecule has 1 fully saturated rings. The van der Waals surface area contributed by atoms with Gasteiger partial charge in [-0.05, 0) is 31.4 Å². The molecule has 37 heavy (non-hydrogen) atoms. The summed E-state index contributed by atoms with van der Waals surface area (Å²) in [7, 11) is -1.30. The number of nitro groups is 1. The standard InChI is InChI=1S/C24H32N6O6Si/c1-37(2,3)11-10-35-15-28-20-14-27(24(31)32)13-18(20)25-23(28)22-17-12-16(30(33)34)7-8-19(17)29(26-22)21-6-4-5-9-36-21/h7-8,12,21H,4-6,9-11,13-15H2,1-3H3,(H,31,32). The second kappa shape index (κ2) is 9.87. The molecule has 2 aliphatic rings. The van der Waals surface area contributed by atoms with Gasteiger partial charge in [0.15, 0.2) is 12.1 Å². The van der Waals surface area contributed by atoms with Crippen molar-refractivity contribution in [3.63, 3.8) is 0 Å². The van der Waals surface area contributed by atoms with Crippen molar-refractivity contribution in [2.75, 3.05) is 13.2 Å². The Morgan fingerprint density at radius 3 is 2.78 bits per heavy atom. The topological polar surface area (TPSA) is 138 Å². The van der Waals surface area contributed by atoms with Crippen LogP contribution in [0.4, 0.5) is 10.5 Å². The van der Waals surface area contributed by atoms with Crippen molar-refractivity contribution in [2.45, 2.75) is 71.0 Å². The molecule has 0 radical (unpaired) electrons. The SMILES string of the molecule is C[Si](C)(C)CCOCn1c(-c2nn(C3CCCCO3)c3ccc([N+](=O)[O-])cc23)nc2c1CN(C(=O)O)C2. The number of fused-ring (bicyclic) bond motifs is 2. The van der Waals surface area contributed by atoms with Gasteiger partial charge in [-0.1, -0.05) is 19.6 Å². The van der Waals surface area contributed by atoms with Crippen LogP contribution in [0.15, 0.2) is 18.2 Å². The van der Waals surface area contributed by atoms with Crippen molar-refractivity contribution in [2.24, 2.45) is 0 Å². The van der Waals surface area contributed by atoms with Crippen LogP contribution in [0.3, 0.4) is 0 Å². The molecule has 1 N–H and O–H groups in total. The van der Waals surface area contributed by atoms with Crippen molar-refractivity contribution in [3.05, 3.63) is 39.7 Å². The normalized spacial score (nSPS) is 17.9. The van der Waals surface area contributed by atoms with E-state index in [-0.39, 0.29) is 31.7 Å². The van der Waals surface area contributed by atoms with Crippen molar-refractivity contribution >= 4 is 30.8 Å². The van der Waals surface area contributed by atoms with Gasteiger partial charge in [0.25, 0.3) is 5.69 Å². The highest BCUT2D eigenvalue weighted by molar-refractivity contribution is 6.76. The minimum atomic E-state index is -1.30. The largest absolute Gasteiger partial charge is 0.465 e. The van der Waals surface area contributed by atoms with Gasteiger partial charge in [0.2, 0.25) is 0 Å². The van der Waals surface area contributed by atoms with Crippen LogP contribution in [-0.2, 0) is 29.3 Å². The molecule has 1 aromatic carbocycles. The predicted octanol–water partition coefficient (Wildman–Crippen LogP) is 4.81. The number of hydrogen-bond donors (Lipinski definition) is 1. The summed E-state index contributed by atoms with van der Waals surface area (Å²) in [6.45, 7) is 8.61. The van der Waals surface area contributed by atoms with Gasteiger partial charge in [0, 0.05) is 38.8 Å². The summed E-state index contributed by atoms with van der Waals surface area (Å²) in [5.74, 6) is 0.517. The minimum Gasteiger partial charge on any atom is -0.465 e. The lowest BCUT2D eigenvalue weighted by Gasteiger charge is -2.23. The number of rotatable bonds is 8. The van der Waals surface area contributed by atoms with Gasteiger partial charge in [-0.3, -0.25) is 15.0 Å². The van der Waals surface area contributed by atoms with E-state index in [2.05, 4.69) is 19.6 Å². The van der Waals surface area contributed by atoms with E-state index in [9.17, 15) is 20.0 Å². The Labute approximate surface area is 214 Å². The van der Waals surface area contributed by atoms with Crippen LogP contribution < -0.4 is 0 Å². The molecule has 198 valence electrons. The van der Waals surface area contributed by atoms with Gasteiger partial charge >= 0.3 is 6.09 Å². The molecule has 0 saturated carbocycles. The summed E-state index contributed by atoms with van der Waals surface area (Å²) in [6, 6.07) is 5.70. The number of amides is 1. The van der Waals surface area contributed by atoms with Crippen LogP contribution in [0.2, 0.25) is 25.7 Å². The number of hydrogen-bond acceptors (Lipinski definition) is 7. The number of non-ortho nitro benzene ring substituents is 1. The van der Waals surface area contributed by atoms with Gasteiger partial charge in [0.1, 0.15) is 12.4 Å². The Kier molecular flexibility index (Phi) is 6.77. The zero-order chi connectivity index (χ0) is 26.3. The van der Waals surface area contributed by atoms with E-state index in [1.54, 1.807) is 10.7 Å². The average molecular weight is 529 g/mol. The summed E-state index contributed by atoms with van der Waals surface area (Å²) in [6.07, 6.45) is 1.52. The molecule has 13 heteroatoms. The molecule has 0 bridgehead atoms. The fourth-order valence-electron chi connectivity index (χ4n) is 4.79. The molecule has 2 aliphatic heterocycles. The first kappa shape index (κ1) is 25.4. The Balaban J connectivity index is 1.59. The summed E-state index contributed by atoms with van der Waals surface area (Å²) < 4.78 is 15.7. The van der Waals surface area contributed by atoms with Crippen LogP contribution in [0.25, 0.3) is 22.4 Å². The molecule has 12 nitrogen and oxygen atoms in total. The Hall–Kier alpha value is -3.29. The van der Waals surface area contributed by atoms with E-state index in [0.29, 0.717) is 35.8 Å². The Bertz CT molecular complexity index is 1340. The van der Waals surface area contributed by atoms with Gasteiger partial charge in [-0.25, -0.2) is 14.5 Å². The molecular formula is C24H32N6O6Si. The molecule has 0 spiro atoms. The maximum Gasteiger partial charge on any atom is 0.408 e. The monoisotopic (exact) mass is 528 g/mol. The van der Waals surface area contributed by atoms with Crippen LogP contribution in [-0.4, -0.2) is 61.6 Å². The van der Waals surface area contributed by atoms with E-state index < -0.39 is 19.1 Å². The fraction of sp³-hybridized carbons (Fsp3) is 0.542. The summed E-state index contributed by atoms with van der Waals surface area (Å²) in [5.41, 5.74) is 2.60. The third-order valence-electron chi connectivity index (χ3n) is 6.86. The highest BCUT2D eigenvalue weighted by Crippen LogP contribution is 2.36. The molecular weight excluding hydrogens is 496 g/mol. The zero-order valence-corrected chi connectivity index (χ0v) is 22.3. The van der Waals surface area contributed by atoms with E-state index in [1.165, 1.54) is 17.0 Å². The van der Waals surface area contributed by atoms with Gasteiger partial charge in [0.05, 0.1) is 34.9 Å². The molecule has 3 aromatic rings. The number of imidazole rings is 1. The second-order valence-electron chi connectivity index (χ2n) is 10.8. The molecule has 1 atom stereocenters. The minimum absolute atomic E-state index is 0.0352. The predicted molar refractivity (Wildman–Crippen MR) is 138 cm³/mol. The van der Waals surface area contributed by atoms with E-state index in [4.69, 9.17) is 19.6 Å². The smallest absolute Gasteiger partial charge is 0.408 e. The summed E-state index contributed by atoms with van der Waals surface area (Å²) >= 11 is 0. The maximum atomic E-state index is 11.6. The first-order chi connectivity index (χ1) is 17.6. The average Bonchev–Trinajstić information content (AvgIpc) is 3.52. The number of nitro benzene ring substituents is 1. The first-order valence-electron chi connectivity index (χ1n) is 12.5. The number of aromatic nitrogens is 4. The molecule has 1 unspecified atom stereocenters. The third-order valence-corrected chi connectivity index (χ3v) is 8.57. The number of carbonyl (C=O) groups is 1. The summed E-state index contributed by atoms with van der Waals surface area (Å²) in [5, 5.41) is 26.6. The van der Waals surface area contributed by atoms with Crippen molar-refractivity contribution in [1.29, 1.82) is 0 Å². The highest BCUT2D eigenvalue weighted by Gasteiger charge is 2.32.